The summed E-state index contributed by atoms with van der Waals surface area (Å²) in [6, 6.07) is 0. The summed E-state index contributed by atoms with van der Waals surface area (Å²) in [5.41, 5.74) is 0. The second-order valence-corrected chi connectivity index (χ2v) is 7.02. The Morgan fingerprint density at radius 2 is 0.826 bits per heavy atom. The minimum Gasteiger partial charge on any atom is -0.314 e. The molecule has 0 saturated carbocycles. The summed E-state index contributed by atoms with van der Waals surface area (Å²) in [6.07, 6.45) is 4.28. The van der Waals surface area contributed by atoms with Crippen LogP contribution in [0.3, 0.4) is 0 Å². The van der Waals surface area contributed by atoms with Crippen molar-refractivity contribution in [3.05, 3.63) is 0 Å². The first kappa shape index (κ1) is 22.8. The van der Waals surface area contributed by atoms with Crippen LogP contribution in [0.5, 0.6) is 0 Å². The van der Waals surface area contributed by atoms with Crippen molar-refractivity contribution in [3.63, 3.8) is 0 Å². The third-order valence-corrected chi connectivity index (χ3v) is 4.65. The minimum atomic E-state index is 0. The van der Waals surface area contributed by atoms with E-state index in [2.05, 4.69) is 53.1 Å². The molecule has 3 fully saturated rings. The first-order valence-electron chi connectivity index (χ1n) is 9.03. The molecule has 3 heterocycles. The Morgan fingerprint density at radius 3 is 1.09 bits per heavy atom. The molecule has 0 aliphatic carbocycles. The second kappa shape index (κ2) is 14.2. The van der Waals surface area contributed by atoms with Gasteiger partial charge in [-0.25, -0.2) is 0 Å². The monoisotopic (exact) mass is 329 g/mol. The average molecular weight is 330 g/mol. The predicted octanol–water partition coefficient (Wildman–Crippen LogP) is 1.12. The summed E-state index contributed by atoms with van der Waals surface area (Å²) in [5, 5.41) is 3.27. The van der Waals surface area contributed by atoms with E-state index < -0.39 is 0 Å². The minimum absolute atomic E-state index is 0. The number of piperazine rings is 2. The zero-order chi connectivity index (χ0) is 16.2. The molecule has 0 radical (unpaired) electrons. The maximum absolute atomic E-state index is 3.27. The molecule has 3 rings (SSSR count). The Morgan fingerprint density at radius 1 is 0.478 bits per heavy atom. The highest BCUT2D eigenvalue weighted by Crippen LogP contribution is 2.04. The zero-order valence-electron chi connectivity index (χ0n) is 15.5. The van der Waals surface area contributed by atoms with Crippen molar-refractivity contribution < 1.29 is 0 Å². The molecular weight excluding hydrogens is 286 g/mol. The third-order valence-electron chi connectivity index (χ3n) is 4.65. The maximum atomic E-state index is 3.27. The Kier molecular flexibility index (Phi) is 14.0. The molecule has 0 aromatic carbocycles. The van der Waals surface area contributed by atoms with Gasteiger partial charge in [0.05, 0.1) is 0 Å². The molecule has 0 aromatic heterocycles. The predicted molar refractivity (Wildman–Crippen MR) is 103 cm³/mol. The molecule has 5 heteroatoms. The van der Waals surface area contributed by atoms with Crippen LogP contribution in [0.25, 0.3) is 0 Å². The van der Waals surface area contributed by atoms with Crippen molar-refractivity contribution in [2.24, 2.45) is 0 Å². The quantitative estimate of drug-likeness (QED) is 0.718. The highest BCUT2D eigenvalue weighted by Gasteiger charge is 2.07. The lowest BCUT2D eigenvalue weighted by Crippen LogP contribution is -2.42. The molecular formula is C18H43N5. The largest absolute Gasteiger partial charge is 0.314 e. The van der Waals surface area contributed by atoms with Crippen LogP contribution >= 0.6 is 0 Å². The summed E-state index contributed by atoms with van der Waals surface area (Å²) in [5.74, 6) is 0. The average Bonchev–Trinajstić information content (AvgIpc) is 2.53. The first-order chi connectivity index (χ1) is 10.6. The summed E-state index contributed by atoms with van der Waals surface area (Å²) in [4.78, 5) is 9.44. The second-order valence-electron chi connectivity index (χ2n) is 7.02. The van der Waals surface area contributed by atoms with E-state index in [9.17, 15) is 0 Å². The van der Waals surface area contributed by atoms with E-state index in [4.69, 9.17) is 0 Å². The van der Waals surface area contributed by atoms with Crippen LogP contribution in [0.2, 0.25) is 0 Å². The SMILES string of the molecule is C.CN1CCCCC1.CN1CCN(C)CC1.CN1CCNCC1. The van der Waals surface area contributed by atoms with E-state index in [1.807, 2.05) is 0 Å². The van der Waals surface area contributed by atoms with Gasteiger partial charge in [-0.1, -0.05) is 13.8 Å². The van der Waals surface area contributed by atoms with Gasteiger partial charge in [0.2, 0.25) is 0 Å². The normalized spacial score (nSPS) is 24.5. The van der Waals surface area contributed by atoms with Crippen LogP contribution in [0, 0.1) is 0 Å². The van der Waals surface area contributed by atoms with Crippen molar-refractivity contribution >= 4 is 0 Å². The van der Waals surface area contributed by atoms with Crippen LogP contribution < -0.4 is 5.32 Å². The Labute approximate surface area is 146 Å². The zero-order valence-corrected chi connectivity index (χ0v) is 15.5. The molecule has 0 bridgehead atoms. The van der Waals surface area contributed by atoms with Gasteiger partial charge >= 0.3 is 0 Å². The van der Waals surface area contributed by atoms with Gasteiger partial charge in [-0.15, -0.1) is 0 Å². The fourth-order valence-corrected chi connectivity index (χ4v) is 2.74. The van der Waals surface area contributed by atoms with Crippen LogP contribution in [-0.2, 0) is 0 Å². The van der Waals surface area contributed by atoms with E-state index in [0.29, 0.717) is 0 Å². The number of hydrogen-bond acceptors (Lipinski definition) is 5. The fraction of sp³-hybridized carbons (Fsp3) is 1.00. The third kappa shape index (κ3) is 12.8. The van der Waals surface area contributed by atoms with Gasteiger partial charge < -0.3 is 24.9 Å². The van der Waals surface area contributed by atoms with E-state index in [0.717, 1.165) is 13.1 Å². The molecule has 1 N–H and O–H groups in total. The van der Waals surface area contributed by atoms with Gasteiger partial charge in [-0.3, -0.25) is 0 Å². The lowest BCUT2D eigenvalue weighted by Gasteiger charge is -2.28. The first-order valence-corrected chi connectivity index (χ1v) is 9.03. The van der Waals surface area contributed by atoms with Crippen LogP contribution in [0.4, 0.5) is 0 Å². The molecule has 23 heavy (non-hydrogen) atoms. The van der Waals surface area contributed by atoms with Crippen molar-refractivity contribution in [2.45, 2.75) is 26.7 Å². The standard InChI is InChI=1S/C6H14N2.C6H13N.C5H12N2.CH4/c1-7-3-5-8(2)6-4-7;1-7-5-3-2-4-6-7;1-7-4-2-6-3-5-7;/h3-6H2,1-2H3;2-6H2,1H3;6H,2-5H2,1H3;1H4. The van der Waals surface area contributed by atoms with Gasteiger partial charge in [-0.05, 0) is 54.1 Å². The van der Waals surface area contributed by atoms with Crippen LogP contribution in [0.1, 0.15) is 26.7 Å². The molecule has 0 atom stereocenters. The molecule has 0 unspecified atom stereocenters. The molecule has 3 aliphatic rings. The number of nitrogens with zero attached hydrogens (tertiary/aromatic N) is 4. The number of likely N-dealkylation sites (tertiary alicyclic amines) is 1. The smallest absolute Gasteiger partial charge is 0.0107 e. The molecule has 3 aliphatic heterocycles. The highest BCUT2D eigenvalue weighted by molar-refractivity contribution is 4.64. The maximum Gasteiger partial charge on any atom is 0.0107 e. The van der Waals surface area contributed by atoms with Gasteiger partial charge in [-0.2, -0.15) is 0 Å². The van der Waals surface area contributed by atoms with E-state index in [1.54, 1.807) is 0 Å². The molecule has 140 valence electrons. The van der Waals surface area contributed by atoms with Crippen LogP contribution in [-0.4, -0.2) is 113 Å². The lowest BCUT2D eigenvalue weighted by atomic mass is 10.1. The molecule has 3 saturated heterocycles. The van der Waals surface area contributed by atoms with E-state index >= 15 is 0 Å². The highest BCUT2D eigenvalue weighted by atomic mass is 15.2. The summed E-state index contributed by atoms with van der Waals surface area (Å²) < 4.78 is 0. The molecule has 0 aromatic rings. The van der Waals surface area contributed by atoms with Gasteiger partial charge in [0.15, 0.2) is 0 Å². The summed E-state index contributed by atoms with van der Waals surface area (Å²) in [6.45, 7) is 12.3. The van der Waals surface area contributed by atoms with Gasteiger partial charge in [0.1, 0.15) is 0 Å². The number of likely N-dealkylation sites (N-methyl/N-ethyl adjacent to an activating group) is 3. The van der Waals surface area contributed by atoms with Gasteiger partial charge in [0.25, 0.3) is 0 Å². The number of hydrogen-bond donors (Lipinski definition) is 1. The molecule has 0 spiro atoms. The number of piperidine rings is 1. The summed E-state index contributed by atoms with van der Waals surface area (Å²) in [7, 11) is 8.69. The van der Waals surface area contributed by atoms with Crippen molar-refractivity contribution in [1.29, 1.82) is 0 Å². The van der Waals surface area contributed by atoms with E-state index in [-0.39, 0.29) is 7.43 Å². The molecule has 5 nitrogen and oxygen atoms in total. The number of rotatable bonds is 0. The van der Waals surface area contributed by atoms with Gasteiger partial charge in [0, 0.05) is 52.4 Å². The Hall–Kier alpha value is -0.200. The Balaban J connectivity index is 0.000000310. The summed E-state index contributed by atoms with van der Waals surface area (Å²) >= 11 is 0. The number of nitrogens with one attached hydrogen (secondary N) is 1. The van der Waals surface area contributed by atoms with Crippen molar-refractivity contribution in [3.8, 4) is 0 Å². The topological polar surface area (TPSA) is 25.0 Å². The van der Waals surface area contributed by atoms with Crippen molar-refractivity contribution in [2.75, 3.05) is 93.6 Å². The van der Waals surface area contributed by atoms with E-state index in [1.165, 1.54) is 71.6 Å². The molecule has 0 amide bonds. The van der Waals surface area contributed by atoms with Crippen LogP contribution in [0.15, 0.2) is 0 Å². The van der Waals surface area contributed by atoms with Crippen molar-refractivity contribution in [1.82, 2.24) is 24.9 Å². The fourth-order valence-electron chi connectivity index (χ4n) is 2.74. The lowest BCUT2D eigenvalue weighted by molar-refractivity contribution is 0.181. The Bertz CT molecular complexity index is 216.